The number of rotatable bonds is 2. The molecule has 1 atom stereocenters. The van der Waals surface area contributed by atoms with E-state index >= 15 is 0 Å². The molecular formula is C13H16Cl. The first-order valence-electron chi connectivity index (χ1n) is 5.39. The summed E-state index contributed by atoms with van der Waals surface area (Å²) in [5.74, 6) is 1.53. The van der Waals surface area contributed by atoms with Crippen LogP contribution in [0.5, 0.6) is 0 Å². The molecule has 1 radical (unpaired) electrons. The van der Waals surface area contributed by atoms with Gasteiger partial charge in [-0.15, -0.1) is 11.6 Å². The third-order valence-corrected chi connectivity index (χ3v) is 3.45. The van der Waals surface area contributed by atoms with Gasteiger partial charge in [0.05, 0.1) is 0 Å². The molecular weight excluding hydrogens is 192 g/mol. The van der Waals surface area contributed by atoms with Crippen molar-refractivity contribution in [3.63, 3.8) is 0 Å². The van der Waals surface area contributed by atoms with Crippen molar-refractivity contribution in [3.8, 4) is 0 Å². The molecule has 75 valence electrons. The van der Waals surface area contributed by atoms with E-state index in [4.69, 9.17) is 11.6 Å². The fourth-order valence-corrected chi connectivity index (χ4v) is 2.43. The first kappa shape index (κ1) is 10.0. The minimum absolute atomic E-state index is 0.323. The van der Waals surface area contributed by atoms with Gasteiger partial charge in [0.25, 0.3) is 0 Å². The van der Waals surface area contributed by atoms with Crippen LogP contribution in [-0.4, -0.2) is 5.38 Å². The Morgan fingerprint density at radius 1 is 1.14 bits per heavy atom. The lowest BCUT2D eigenvalue weighted by Gasteiger charge is -2.26. The fourth-order valence-electron chi connectivity index (χ4n) is 2.09. The molecule has 0 N–H and O–H groups in total. The zero-order chi connectivity index (χ0) is 9.80. The van der Waals surface area contributed by atoms with Crippen LogP contribution in [0.3, 0.4) is 0 Å². The smallest absolute Gasteiger partial charge is 0.0401 e. The molecule has 0 saturated heterocycles. The van der Waals surface area contributed by atoms with E-state index in [1.165, 1.54) is 37.2 Å². The number of halogens is 1. The van der Waals surface area contributed by atoms with Gasteiger partial charge in [-0.2, -0.15) is 0 Å². The molecule has 1 aliphatic carbocycles. The van der Waals surface area contributed by atoms with Crippen molar-refractivity contribution in [1.29, 1.82) is 0 Å². The molecule has 0 heterocycles. The van der Waals surface area contributed by atoms with Crippen LogP contribution in [0.2, 0.25) is 0 Å². The topological polar surface area (TPSA) is 0 Å². The highest BCUT2D eigenvalue weighted by molar-refractivity contribution is 6.22. The number of alkyl halides is 1. The minimum Gasteiger partial charge on any atom is -0.122 e. The predicted octanol–water partition coefficient (Wildman–Crippen LogP) is 3.98. The summed E-state index contributed by atoms with van der Waals surface area (Å²) in [6.07, 6.45) is 6.10. The molecule has 1 aliphatic rings. The normalized spacial score (nSPS) is 23.6. The van der Waals surface area contributed by atoms with E-state index in [0.717, 1.165) is 6.42 Å². The van der Waals surface area contributed by atoms with Crippen molar-refractivity contribution in [2.24, 2.45) is 0 Å². The van der Waals surface area contributed by atoms with Gasteiger partial charge in [0.1, 0.15) is 0 Å². The predicted molar refractivity (Wildman–Crippen MR) is 61.5 cm³/mol. The average Bonchev–Trinajstić information content (AvgIpc) is 2.23. The molecule has 1 heteroatoms. The molecule has 0 aromatic heterocycles. The van der Waals surface area contributed by atoms with Gasteiger partial charge in [0.2, 0.25) is 0 Å². The lowest BCUT2D eigenvalue weighted by molar-refractivity contribution is 0.526. The van der Waals surface area contributed by atoms with Crippen LogP contribution in [0, 0.1) is 5.92 Å². The molecule has 0 aliphatic heterocycles. The first-order chi connectivity index (χ1) is 6.86. The molecule has 0 nitrogen and oxygen atoms in total. The Hall–Kier alpha value is -0.490. The third-order valence-electron chi connectivity index (χ3n) is 2.92. The third kappa shape index (κ3) is 2.51. The molecule has 2 rings (SSSR count). The van der Waals surface area contributed by atoms with Crippen molar-refractivity contribution in [2.45, 2.75) is 37.5 Å². The van der Waals surface area contributed by atoms with Crippen LogP contribution in [0.15, 0.2) is 30.3 Å². The summed E-state index contributed by atoms with van der Waals surface area (Å²) in [6.45, 7) is 0. The molecule has 1 aromatic carbocycles. The van der Waals surface area contributed by atoms with Crippen LogP contribution in [0.4, 0.5) is 0 Å². The largest absolute Gasteiger partial charge is 0.122 e. The van der Waals surface area contributed by atoms with Crippen LogP contribution in [0.25, 0.3) is 0 Å². The van der Waals surface area contributed by atoms with Crippen molar-refractivity contribution in [3.05, 3.63) is 41.8 Å². The molecule has 0 amide bonds. The van der Waals surface area contributed by atoms with Crippen molar-refractivity contribution >= 4 is 11.6 Å². The maximum absolute atomic E-state index is 6.30. The van der Waals surface area contributed by atoms with Gasteiger partial charge in [-0.25, -0.2) is 0 Å². The van der Waals surface area contributed by atoms with E-state index in [1.807, 2.05) is 0 Å². The Labute approximate surface area is 91.3 Å². The van der Waals surface area contributed by atoms with Gasteiger partial charge in [-0.1, -0.05) is 43.2 Å². The zero-order valence-electron chi connectivity index (χ0n) is 8.38. The molecule has 1 fully saturated rings. The Morgan fingerprint density at radius 2 is 1.93 bits per heavy atom. The average molecular weight is 208 g/mol. The van der Waals surface area contributed by atoms with Gasteiger partial charge < -0.3 is 0 Å². The molecule has 1 saturated carbocycles. The van der Waals surface area contributed by atoms with E-state index in [2.05, 4.69) is 30.3 Å². The maximum Gasteiger partial charge on any atom is 0.0401 e. The number of hydrogen-bond donors (Lipinski definition) is 0. The van der Waals surface area contributed by atoms with Crippen molar-refractivity contribution < 1.29 is 0 Å². The second-order valence-electron chi connectivity index (χ2n) is 4.03. The molecule has 0 bridgehead atoms. The highest BCUT2D eigenvalue weighted by Gasteiger charge is 2.23. The van der Waals surface area contributed by atoms with Gasteiger partial charge in [0.15, 0.2) is 0 Å². The summed E-state index contributed by atoms with van der Waals surface area (Å²) < 4.78 is 0. The van der Waals surface area contributed by atoms with E-state index in [0.29, 0.717) is 5.38 Å². The molecule has 0 spiro atoms. The summed E-state index contributed by atoms with van der Waals surface area (Å²) in [5, 5.41) is 0.323. The van der Waals surface area contributed by atoms with E-state index in [9.17, 15) is 0 Å². The summed E-state index contributed by atoms with van der Waals surface area (Å²) in [6, 6.07) is 10.6. The van der Waals surface area contributed by atoms with Gasteiger partial charge >= 0.3 is 0 Å². The molecule has 1 aromatic rings. The van der Waals surface area contributed by atoms with Gasteiger partial charge in [-0.05, 0) is 30.7 Å². The van der Waals surface area contributed by atoms with Crippen LogP contribution < -0.4 is 0 Å². The standard InChI is InChI=1S/C13H16Cl/c14-13-9-5-4-8-12(13)10-11-6-2-1-3-7-11/h1-3,6-7,13H,4-5,8-10H2. The Bertz CT molecular complexity index is 268. The van der Waals surface area contributed by atoms with E-state index in [1.54, 1.807) is 0 Å². The second kappa shape index (κ2) is 4.84. The summed E-state index contributed by atoms with van der Waals surface area (Å²) in [7, 11) is 0. The Morgan fingerprint density at radius 3 is 2.64 bits per heavy atom. The zero-order valence-corrected chi connectivity index (χ0v) is 9.13. The van der Waals surface area contributed by atoms with E-state index < -0.39 is 0 Å². The van der Waals surface area contributed by atoms with Crippen LogP contribution >= 0.6 is 11.6 Å². The highest BCUT2D eigenvalue weighted by Crippen LogP contribution is 2.32. The lowest BCUT2D eigenvalue weighted by atomic mass is 9.84. The van der Waals surface area contributed by atoms with Crippen molar-refractivity contribution in [1.82, 2.24) is 0 Å². The minimum atomic E-state index is 0.323. The second-order valence-corrected chi connectivity index (χ2v) is 4.56. The highest BCUT2D eigenvalue weighted by atomic mass is 35.5. The van der Waals surface area contributed by atoms with Crippen LogP contribution in [0.1, 0.15) is 31.2 Å². The first-order valence-corrected chi connectivity index (χ1v) is 5.82. The molecule has 1 unspecified atom stereocenters. The summed E-state index contributed by atoms with van der Waals surface area (Å²) in [5.41, 5.74) is 1.40. The van der Waals surface area contributed by atoms with Gasteiger partial charge in [-0.3, -0.25) is 0 Å². The molecule has 14 heavy (non-hydrogen) atoms. The maximum atomic E-state index is 6.30. The quantitative estimate of drug-likeness (QED) is 0.644. The lowest BCUT2D eigenvalue weighted by Crippen LogP contribution is -2.19. The van der Waals surface area contributed by atoms with Crippen molar-refractivity contribution in [2.75, 3.05) is 0 Å². The monoisotopic (exact) mass is 207 g/mol. The van der Waals surface area contributed by atoms with E-state index in [-0.39, 0.29) is 0 Å². The summed E-state index contributed by atoms with van der Waals surface area (Å²) >= 11 is 6.30. The Balaban J connectivity index is 1.96. The number of benzene rings is 1. The summed E-state index contributed by atoms with van der Waals surface area (Å²) in [4.78, 5) is 0. The Kier molecular flexibility index (Phi) is 3.47. The SMILES string of the molecule is ClC1CCCC[C]1Cc1ccccc1. The fraction of sp³-hybridized carbons (Fsp3) is 0.462. The number of hydrogen-bond acceptors (Lipinski definition) is 0. The van der Waals surface area contributed by atoms with Crippen LogP contribution in [-0.2, 0) is 6.42 Å². The van der Waals surface area contributed by atoms with Gasteiger partial charge in [0, 0.05) is 5.38 Å².